The minimum Gasteiger partial charge on any atom is -0.382 e. The molecule has 2 aliphatic heterocycles. The summed E-state index contributed by atoms with van der Waals surface area (Å²) in [6.45, 7) is 4.07. The second-order valence-corrected chi connectivity index (χ2v) is 5.05. The lowest BCUT2D eigenvalue weighted by molar-refractivity contribution is 0.0945. The van der Waals surface area contributed by atoms with E-state index >= 15 is 0 Å². The minimum absolute atomic E-state index is 0.0120. The van der Waals surface area contributed by atoms with Crippen LogP contribution in [0.15, 0.2) is 18.2 Å². The van der Waals surface area contributed by atoms with Crippen LogP contribution >= 0.6 is 0 Å². The molecule has 0 aliphatic carbocycles. The van der Waals surface area contributed by atoms with Gasteiger partial charge < -0.3 is 20.7 Å². The number of benzene rings is 1. The van der Waals surface area contributed by atoms with Crippen molar-refractivity contribution >= 4 is 17.3 Å². The molecule has 5 nitrogen and oxygen atoms in total. The van der Waals surface area contributed by atoms with E-state index in [1.54, 1.807) is 0 Å². The van der Waals surface area contributed by atoms with E-state index in [1.807, 2.05) is 18.2 Å². The zero-order chi connectivity index (χ0) is 13.1. The number of carbonyl (C=O) groups is 1. The van der Waals surface area contributed by atoms with Crippen LogP contribution in [-0.2, 0) is 4.74 Å². The maximum atomic E-state index is 12.1. The number of amides is 1. The van der Waals surface area contributed by atoms with E-state index < -0.39 is 0 Å². The van der Waals surface area contributed by atoms with Crippen molar-refractivity contribution in [2.45, 2.75) is 6.42 Å². The molecule has 3 rings (SSSR count). The number of fused-ring (bicyclic) bond motifs is 1. The fourth-order valence-corrected chi connectivity index (χ4v) is 2.46. The lowest BCUT2D eigenvalue weighted by Crippen LogP contribution is -2.29. The monoisotopic (exact) mass is 261 g/mol. The van der Waals surface area contributed by atoms with Gasteiger partial charge in [-0.2, -0.15) is 0 Å². The number of ether oxygens (including phenoxy) is 1. The van der Waals surface area contributed by atoms with E-state index in [4.69, 9.17) is 4.74 Å². The summed E-state index contributed by atoms with van der Waals surface area (Å²) in [6, 6.07) is 5.72. The molecule has 1 aromatic rings. The van der Waals surface area contributed by atoms with Crippen LogP contribution in [0.2, 0.25) is 0 Å². The van der Waals surface area contributed by atoms with Gasteiger partial charge in [0.2, 0.25) is 0 Å². The Kier molecular flexibility index (Phi) is 3.55. The first kappa shape index (κ1) is 12.3. The van der Waals surface area contributed by atoms with Gasteiger partial charge >= 0.3 is 0 Å². The molecule has 0 saturated carbocycles. The quantitative estimate of drug-likeness (QED) is 0.767. The Bertz CT molecular complexity index is 470. The number of nitrogens with one attached hydrogen (secondary N) is 3. The number of hydrogen-bond acceptors (Lipinski definition) is 4. The van der Waals surface area contributed by atoms with E-state index in [9.17, 15) is 4.79 Å². The molecular formula is C14H19N3O2. The van der Waals surface area contributed by atoms with Crippen LogP contribution in [0, 0.1) is 5.92 Å². The first-order valence-corrected chi connectivity index (χ1v) is 6.80. The molecule has 0 bridgehead atoms. The van der Waals surface area contributed by atoms with E-state index in [0.717, 1.165) is 44.1 Å². The van der Waals surface area contributed by atoms with E-state index in [1.165, 1.54) is 0 Å². The van der Waals surface area contributed by atoms with Crippen molar-refractivity contribution in [1.82, 2.24) is 5.32 Å². The molecule has 0 spiro atoms. The van der Waals surface area contributed by atoms with Crippen molar-refractivity contribution in [1.29, 1.82) is 0 Å². The van der Waals surface area contributed by atoms with Crippen LogP contribution in [0.5, 0.6) is 0 Å². The predicted octanol–water partition coefficient (Wildman–Crippen LogP) is 1.29. The van der Waals surface area contributed by atoms with E-state index in [2.05, 4.69) is 16.0 Å². The third-order valence-corrected chi connectivity index (χ3v) is 3.61. The molecule has 0 aromatic heterocycles. The highest BCUT2D eigenvalue weighted by Crippen LogP contribution is 2.25. The van der Waals surface area contributed by atoms with Gasteiger partial charge in [0.15, 0.2) is 0 Å². The summed E-state index contributed by atoms with van der Waals surface area (Å²) in [6.07, 6.45) is 1.04. The number of carbonyl (C=O) groups excluding carboxylic acids is 1. The Morgan fingerprint density at radius 1 is 1.32 bits per heavy atom. The summed E-state index contributed by atoms with van der Waals surface area (Å²) in [7, 11) is 0. The largest absolute Gasteiger partial charge is 0.382 e. The lowest BCUT2D eigenvalue weighted by Gasteiger charge is -2.20. The molecule has 0 radical (unpaired) electrons. The van der Waals surface area contributed by atoms with E-state index in [0.29, 0.717) is 18.0 Å². The molecule has 5 heteroatoms. The SMILES string of the molecule is O=C(NCC1CCOC1)c1ccc2c(c1)NCCN2. The van der Waals surface area contributed by atoms with Crippen molar-refractivity contribution in [2.24, 2.45) is 5.92 Å². The first-order chi connectivity index (χ1) is 9.33. The smallest absolute Gasteiger partial charge is 0.251 e. The van der Waals surface area contributed by atoms with Gasteiger partial charge in [0.05, 0.1) is 18.0 Å². The molecule has 19 heavy (non-hydrogen) atoms. The molecule has 1 aromatic carbocycles. The Balaban J connectivity index is 1.62. The third kappa shape index (κ3) is 2.81. The number of rotatable bonds is 3. The second-order valence-electron chi connectivity index (χ2n) is 5.05. The molecule has 102 valence electrons. The highest BCUT2D eigenvalue weighted by Gasteiger charge is 2.17. The molecule has 1 atom stereocenters. The molecule has 1 unspecified atom stereocenters. The molecule has 3 N–H and O–H groups in total. The minimum atomic E-state index is -0.0120. The van der Waals surface area contributed by atoms with Crippen LogP contribution in [-0.4, -0.2) is 38.8 Å². The molecular weight excluding hydrogens is 242 g/mol. The maximum Gasteiger partial charge on any atom is 0.251 e. The van der Waals surface area contributed by atoms with Crippen molar-refractivity contribution in [3.63, 3.8) is 0 Å². The highest BCUT2D eigenvalue weighted by atomic mass is 16.5. The molecule has 2 aliphatic rings. The third-order valence-electron chi connectivity index (χ3n) is 3.61. The van der Waals surface area contributed by atoms with Crippen LogP contribution in [0.1, 0.15) is 16.8 Å². The van der Waals surface area contributed by atoms with Crippen molar-refractivity contribution in [3.8, 4) is 0 Å². The van der Waals surface area contributed by atoms with Gasteiger partial charge in [-0.15, -0.1) is 0 Å². The van der Waals surface area contributed by atoms with Gasteiger partial charge in [0, 0.05) is 37.7 Å². The summed E-state index contributed by atoms with van der Waals surface area (Å²) in [5.74, 6) is 0.448. The van der Waals surface area contributed by atoms with Gasteiger partial charge in [-0.25, -0.2) is 0 Å². The van der Waals surface area contributed by atoms with Gasteiger partial charge in [-0.1, -0.05) is 0 Å². The lowest BCUT2D eigenvalue weighted by atomic mass is 10.1. The van der Waals surface area contributed by atoms with Gasteiger partial charge in [-0.05, 0) is 24.6 Å². The fraction of sp³-hybridized carbons (Fsp3) is 0.500. The van der Waals surface area contributed by atoms with Gasteiger partial charge in [-0.3, -0.25) is 4.79 Å². The topological polar surface area (TPSA) is 62.4 Å². The second kappa shape index (κ2) is 5.48. The van der Waals surface area contributed by atoms with E-state index in [-0.39, 0.29) is 5.91 Å². The predicted molar refractivity (Wildman–Crippen MR) is 74.7 cm³/mol. The van der Waals surface area contributed by atoms with Crippen LogP contribution in [0.4, 0.5) is 11.4 Å². The summed E-state index contributed by atoms with van der Waals surface area (Å²) in [4.78, 5) is 12.1. The molecule has 1 saturated heterocycles. The van der Waals surface area contributed by atoms with Crippen molar-refractivity contribution < 1.29 is 9.53 Å². The molecule has 1 fully saturated rings. The van der Waals surface area contributed by atoms with Gasteiger partial charge in [0.25, 0.3) is 5.91 Å². The summed E-state index contributed by atoms with van der Waals surface area (Å²) >= 11 is 0. The highest BCUT2D eigenvalue weighted by molar-refractivity contribution is 5.96. The zero-order valence-corrected chi connectivity index (χ0v) is 10.9. The fourth-order valence-electron chi connectivity index (χ4n) is 2.46. The summed E-state index contributed by atoms with van der Waals surface area (Å²) in [5.41, 5.74) is 2.77. The van der Waals surface area contributed by atoms with Gasteiger partial charge in [0.1, 0.15) is 0 Å². The van der Waals surface area contributed by atoms with Crippen LogP contribution in [0.25, 0.3) is 0 Å². The number of hydrogen-bond donors (Lipinski definition) is 3. The Morgan fingerprint density at radius 3 is 2.95 bits per heavy atom. The Hall–Kier alpha value is -1.75. The summed E-state index contributed by atoms with van der Waals surface area (Å²) < 4.78 is 5.30. The zero-order valence-electron chi connectivity index (χ0n) is 10.9. The van der Waals surface area contributed by atoms with Crippen molar-refractivity contribution in [2.75, 3.05) is 43.5 Å². The van der Waals surface area contributed by atoms with Crippen LogP contribution in [0.3, 0.4) is 0 Å². The molecule has 2 heterocycles. The van der Waals surface area contributed by atoms with Crippen molar-refractivity contribution in [3.05, 3.63) is 23.8 Å². The normalized spacial score (nSPS) is 21.2. The summed E-state index contributed by atoms with van der Waals surface area (Å²) in [5, 5.41) is 9.57. The average molecular weight is 261 g/mol. The maximum absolute atomic E-state index is 12.1. The van der Waals surface area contributed by atoms with Crippen LogP contribution < -0.4 is 16.0 Å². The standard InChI is InChI=1S/C14H19N3O2/c18-14(17-8-10-3-6-19-9-10)11-1-2-12-13(7-11)16-5-4-15-12/h1-2,7,10,15-16H,3-6,8-9H2,(H,17,18). The Labute approximate surface area is 112 Å². The Morgan fingerprint density at radius 2 is 2.16 bits per heavy atom. The molecule has 1 amide bonds. The number of anilines is 2. The first-order valence-electron chi connectivity index (χ1n) is 6.80. The average Bonchev–Trinajstić information content (AvgIpc) is 2.97.